The highest BCUT2D eigenvalue weighted by molar-refractivity contribution is 4.88. The molecule has 1 aliphatic carbocycles. The van der Waals surface area contributed by atoms with Crippen LogP contribution >= 0.6 is 0 Å². The fraction of sp³-hybridized carbons (Fsp3) is 1.00. The number of aliphatic hydroxyl groups excluding tert-OH is 1. The minimum Gasteiger partial charge on any atom is -0.390 e. The summed E-state index contributed by atoms with van der Waals surface area (Å²) in [6, 6.07) is 0.539. The van der Waals surface area contributed by atoms with E-state index in [1.165, 1.54) is 25.7 Å². The normalized spacial score (nSPS) is 34.6. The summed E-state index contributed by atoms with van der Waals surface area (Å²) in [5, 5.41) is 10.4. The van der Waals surface area contributed by atoms with Gasteiger partial charge < -0.3 is 14.6 Å². The molecule has 0 aromatic rings. The summed E-state index contributed by atoms with van der Waals surface area (Å²) < 4.78 is 11.2. The van der Waals surface area contributed by atoms with E-state index in [-0.39, 0.29) is 6.10 Å². The first-order chi connectivity index (χ1) is 9.83. The molecular formula is C15H28N2O3. The Labute approximate surface area is 121 Å². The van der Waals surface area contributed by atoms with Gasteiger partial charge in [-0.15, -0.1) is 0 Å². The van der Waals surface area contributed by atoms with Crippen molar-refractivity contribution in [1.29, 1.82) is 0 Å². The molecule has 1 N–H and O–H groups in total. The van der Waals surface area contributed by atoms with Gasteiger partial charge in [0.15, 0.2) is 0 Å². The van der Waals surface area contributed by atoms with E-state index in [4.69, 9.17) is 9.47 Å². The number of ether oxygens (including phenoxy) is 2. The van der Waals surface area contributed by atoms with E-state index in [1.807, 2.05) is 0 Å². The van der Waals surface area contributed by atoms with Gasteiger partial charge >= 0.3 is 0 Å². The number of aliphatic hydroxyl groups is 1. The Morgan fingerprint density at radius 3 is 2.65 bits per heavy atom. The molecule has 0 aromatic carbocycles. The van der Waals surface area contributed by atoms with Crippen LogP contribution in [0.15, 0.2) is 0 Å². The van der Waals surface area contributed by atoms with Crippen LogP contribution in [0.3, 0.4) is 0 Å². The van der Waals surface area contributed by atoms with Crippen LogP contribution in [0.25, 0.3) is 0 Å². The van der Waals surface area contributed by atoms with Gasteiger partial charge in [-0.3, -0.25) is 9.80 Å². The van der Waals surface area contributed by atoms with Gasteiger partial charge in [0.1, 0.15) is 0 Å². The maximum absolute atomic E-state index is 10.4. The fourth-order valence-electron chi connectivity index (χ4n) is 3.81. The number of nitrogens with zero attached hydrogens (tertiary/aromatic N) is 2. The lowest BCUT2D eigenvalue weighted by Crippen LogP contribution is -2.55. The summed E-state index contributed by atoms with van der Waals surface area (Å²) in [5.74, 6) is 0. The second kappa shape index (κ2) is 7.18. The van der Waals surface area contributed by atoms with Crippen LogP contribution in [0.4, 0.5) is 0 Å². The zero-order chi connectivity index (χ0) is 13.8. The lowest BCUT2D eigenvalue weighted by Gasteiger charge is -2.44. The van der Waals surface area contributed by atoms with Crippen LogP contribution in [-0.4, -0.2) is 85.7 Å². The molecule has 0 radical (unpaired) electrons. The summed E-state index contributed by atoms with van der Waals surface area (Å²) in [6.07, 6.45) is 5.18. The van der Waals surface area contributed by atoms with Gasteiger partial charge in [0, 0.05) is 38.8 Å². The summed E-state index contributed by atoms with van der Waals surface area (Å²) in [7, 11) is 0. The van der Waals surface area contributed by atoms with E-state index in [1.54, 1.807) is 0 Å². The first-order valence-corrected chi connectivity index (χ1v) is 8.17. The van der Waals surface area contributed by atoms with Crippen LogP contribution in [0.1, 0.15) is 25.7 Å². The number of morpholine rings is 2. The lowest BCUT2D eigenvalue weighted by molar-refractivity contribution is -0.0997. The second-order valence-electron chi connectivity index (χ2n) is 6.32. The first-order valence-electron chi connectivity index (χ1n) is 8.17. The molecule has 3 fully saturated rings. The quantitative estimate of drug-likeness (QED) is 0.806. The molecule has 0 aromatic heterocycles. The lowest BCUT2D eigenvalue weighted by atomic mass is 9.90. The minimum atomic E-state index is -0.256. The molecule has 3 atom stereocenters. The maximum atomic E-state index is 10.4. The predicted octanol–water partition coefficient (Wildman–Crippen LogP) is 0.323. The molecule has 3 aliphatic rings. The van der Waals surface area contributed by atoms with Crippen LogP contribution in [-0.2, 0) is 9.47 Å². The third-order valence-electron chi connectivity index (χ3n) is 4.87. The maximum Gasteiger partial charge on any atom is 0.0793 e. The van der Waals surface area contributed by atoms with E-state index in [0.717, 1.165) is 52.5 Å². The third-order valence-corrected chi connectivity index (χ3v) is 4.87. The Kier molecular flexibility index (Phi) is 5.29. The van der Waals surface area contributed by atoms with E-state index in [2.05, 4.69) is 9.80 Å². The molecule has 116 valence electrons. The highest BCUT2D eigenvalue weighted by Gasteiger charge is 2.34. The van der Waals surface area contributed by atoms with Crippen molar-refractivity contribution in [2.75, 3.05) is 52.5 Å². The van der Waals surface area contributed by atoms with Crippen LogP contribution in [0.2, 0.25) is 0 Å². The highest BCUT2D eigenvalue weighted by Crippen LogP contribution is 2.28. The average molecular weight is 284 g/mol. The van der Waals surface area contributed by atoms with Crippen molar-refractivity contribution in [2.24, 2.45) is 0 Å². The second-order valence-corrected chi connectivity index (χ2v) is 6.32. The molecule has 2 heterocycles. The van der Waals surface area contributed by atoms with Crippen molar-refractivity contribution in [1.82, 2.24) is 9.80 Å². The summed E-state index contributed by atoms with van der Waals surface area (Å²) in [4.78, 5) is 4.78. The Hall–Kier alpha value is -0.200. The van der Waals surface area contributed by atoms with Crippen molar-refractivity contribution in [3.05, 3.63) is 0 Å². The van der Waals surface area contributed by atoms with Crippen LogP contribution in [0.5, 0.6) is 0 Å². The van der Waals surface area contributed by atoms with Gasteiger partial charge in [-0.1, -0.05) is 12.8 Å². The molecular weight excluding hydrogens is 256 g/mol. The third kappa shape index (κ3) is 3.71. The largest absolute Gasteiger partial charge is 0.390 e. The molecule has 0 unspecified atom stereocenters. The van der Waals surface area contributed by atoms with Crippen LogP contribution < -0.4 is 0 Å². The van der Waals surface area contributed by atoms with E-state index < -0.39 is 0 Å². The van der Waals surface area contributed by atoms with E-state index >= 15 is 0 Å². The molecule has 5 heteroatoms. The number of fused-ring (bicyclic) bond motifs is 1. The Morgan fingerprint density at radius 1 is 1.00 bits per heavy atom. The van der Waals surface area contributed by atoms with Crippen molar-refractivity contribution >= 4 is 0 Å². The molecule has 0 amide bonds. The monoisotopic (exact) mass is 284 g/mol. The molecule has 5 nitrogen and oxygen atoms in total. The predicted molar refractivity (Wildman–Crippen MR) is 76.8 cm³/mol. The number of β-amino-alcohol motifs (C(OH)–C–C–N with tert-alkyl or cyclic N) is 1. The van der Waals surface area contributed by atoms with Gasteiger partial charge in [0.25, 0.3) is 0 Å². The van der Waals surface area contributed by atoms with E-state index in [0.29, 0.717) is 12.1 Å². The Balaban J connectivity index is 1.47. The highest BCUT2D eigenvalue weighted by atomic mass is 16.5. The van der Waals surface area contributed by atoms with Gasteiger partial charge in [0.05, 0.1) is 32.0 Å². The molecule has 1 saturated carbocycles. The topological polar surface area (TPSA) is 45.2 Å². The SMILES string of the molecule is O[C@H](CN1CCOCC1)CN1CCO[C@H]2CCCC[C@@H]21. The molecule has 3 rings (SSSR count). The summed E-state index contributed by atoms with van der Waals surface area (Å²) >= 11 is 0. The number of rotatable bonds is 4. The molecule has 20 heavy (non-hydrogen) atoms. The Bertz CT molecular complexity index is 295. The van der Waals surface area contributed by atoms with Crippen LogP contribution in [0, 0.1) is 0 Å². The number of hydrogen-bond acceptors (Lipinski definition) is 5. The minimum absolute atomic E-state index is 0.256. The number of hydrogen-bond donors (Lipinski definition) is 1. The average Bonchev–Trinajstić information content (AvgIpc) is 2.48. The Morgan fingerprint density at radius 2 is 1.80 bits per heavy atom. The molecule has 2 aliphatic heterocycles. The fourth-order valence-corrected chi connectivity index (χ4v) is 3.81. The zero-order valence-electron chi connectivity index (χ0n) is 12.4. The zero-order valence-corrected chi connectivity index (χ0v) is 12.4. The molecule has 0 bridgehead atoms. The van der Waals surface area contributed by atoms with Crippen molar-refractivity contribution in [3.8, 4) is 0 Å². The molecule has 2 saturated heterocycles. The molecule has 0 spiro atoms. The standard InChI is InChI=1S/C15H28N2O3/c18-13(11-16-5-8-19-9-6-16)12-17-7-10-20-15-4-2-1-3-14(15)17/h13-15,18H,1-12H2/t13-,14+,15+/m1/s1. The van der Waals surface area contributed by atoms with Crippen molar-refractivity contribution in [3.63, 3.8) is 0 Å². The van der Waals surface area contributed by atoms with Crippen molar-refractivity contribution in [2.45, 2.75) is 43.9 Å². The van der Waals surface area contributed by atoms with Gasteiger partial charge in [-0.2, -0.15) is 0 Å². The van der Waals surface area contributed by atoms with Gasteiger partial charge in [0.2, 0.25) is 0 Å². The van der Waals surface area contributed by atoms with Gasteiger partial charge in [-0.05, 0) is 12.8 Å². The first kappa shape index (κ1) is 14.7. The smallest absolute Gasteiger partial charge is 0.0793 e. The summed E-state index contributed by atoms with van der Waals surface area (Å²) in [5.41, 5.74) is 0. The van der Waals surface area contributed by atoms with Gasteiger partial charge in [-0.25, -0.2) is 0 Å². The van der Waals surface area contributed by atoms with E-state index in [9.17, 15) is 5.11 Å². The summed E-state index contributed by atoms with van der Waals surface area (Å²) in [6.45, 7) is 6.87. The van der Waals surface area contributed by atoms with Crippen molar-refractivity contribution < 1.29 is 14.6 Å².